The molecule has 0 spiro atoms. The van der Waals surface area contributed by atoms with E-state index in [1.54, 1.807) is 0 Å². The summed E-state index contributed by atoms with van der Waals surface area (Å²) < 4.78 is 11.2. The molecule has 0 radical (unpaired) electrons. The summed E-state index contributed by atoms with van der Waals surface area (Å²) >= 11 is 0. The van der Waals surface area contributed by atoms with E-state index in [1.807, 2.05) is 25.1 Å². The summed E-state index contributed by atoms with van der Waals surface area (Å²) in [6.07, 6.45) is 3.97. The number of benzene rings is 1. The van der Waals surface area contributed by atoms with Crippen LogP contribution in [0.2, 0.25) is 0 Å². The highest BCUT2D eigenvalue weighted by atomic mass is 16.5. The Hall–Kier alpha value is -1.34. The van der Waals surface area contributed by atoms with Crippen molar-refractivity contribution in [2.75, 3.05) is 32.8 Å². The summed E-state index contributed by atoms with van der Waals surface area (Å²) in [7, 11) is 0. The molecule has 0 N–H and O–H groups in total. The molecule has 1 saturated heterocycles. The van der Waals surface area contributed by atoms with E-state index >= 15 is 0 Å². The predicted octanol–water partition coefficient (Wildman–Crippen LogP) is 3.10. The Balaban J connectivity index is 1.51. The Morgan fingerprint density at radius 3 is 2.64 bits per heavy atom. The molecule has 2 rings (SSSR count). The molecule has 0 aliphatic carbocycles. The zero-order valence-electron chi connectivity index (χ0n) is 13.6. The van der Waals surface area contributed by atoms with Crippen LogP contribution in [0.25, 0.3) is 0 Å². The molecule has 0 aromatic heterocycles. The molecule has 0 saturated carbocycles. The quantitative estimate of drug-likeness (QED) is 0.570. The molecule has 0 bridgehead atoms. The van der Waals surface area contributed by atoms with Crippen molar-refractivity contribution in [3.63, 3.8) is 0 Å². The van der Waals surface area contributed by atoms with Gasteiger partial charge in [-0.3, -0.25) is 4.90 Å². The Morgan fingerprint density at radius 2 is 1.86 bits per heavy atom. The fourth-order valence-corrected chi connectivity index (χ4v) is 2.51. The first-order valence-electron chi connectivity index (χ1n) is 8.28. The zero-order chi connectivity index (χ0) is 15.5. The van der Waals surface area contributed by atoms with E-state index in [1.165, 1.54) is 37.9 Å². The largest absolute Gasteiger partial charge is 0.374 e. The van der Waals surface area contributed by atoms with Gasteiger partial charge in [0.05, 0.1) is 26.4 Å². The monoisotopic (exact) mass is 301 g/mol. The molecule has 1 aliphatic rings. The van der Waals surface area contributed by atoms with Gasteiger partial charge in [-0.15, -0.1) is 0 Å². The molecule has 1 aromatic carbocycles. The maximum atomic E-state index is 5.65. The Labute approximate surface area is 134 Å². The molecule has 120 valence electrons. The van der Waals surface area contributed by atoms with E-state index in [2.05, 4.69) is 28.9 Å². The third kappa shape index (κ3) is 7.09. The lowest BCUT2D eigenvalue weighted by Crippen LogP contribution is -2.30. The molecular weight excluding hydrogens is 274 g/mol. The number of piperidine rings is 1. The second-order valence-corrected chi connectivity index (χ2v) is 5.71. The lowest BCUT2D eigenvalue weighted by Gasteiger charge is -2.23. The molecule has 3 nitrogen and oxygen atoms in total. The van der Waals surface area contributed by atoms with E-state index in [0.717, 1.165) is 6.54 Å². The third-order valence-corrected chi connectivity index (χ3v) is 3.76. The number of nitrogens with zero attached hydrogens (tertiary/aromatic N) is 1. The van der Waals surface area contributed by atoms with Crippen molar-refractivity contribution in [2.24, 2.45) is 0 Å². The molecule has 0 unspecified atom stereocenters. The SMILES string of the molecule is C[C@@H](C#CCN1CCCCC1)OCCOCc1ccccc1. The zero-order valence-corrected chi connectivity index (χ0v) is 13.6. The van der Waals surface area contributed by atoms with Gasteiger partial charge in [0, 0.05) is 0 Å². The van der Waals surface area contributed by atoms with Gasteiger partial charge < -0.3 is 9.47 Å². The highest BCUT2D eigenvalue weighted by Gasteiger charge is 2.07. The molecule has 3 heteroatoms. The van der Waals surface area contributed by atoms with Crippen molar-refractivity contribution in [3.8, 4) is 11.8 Å². The lowest BCUT2D eigenvalue weighted by atomic mass is 10.1. The van der Waals surface area contributed by atoms with Crippen LogP contribution in [0.15, 0.2) is 30.3 Å². The highest BCUT2D eigenvalue weighted by molar-refractivity contribution is 5.13. The fourth-order valence-electron chi connectivity index (χ4n) is 2.51. The first-order chi connectivity index (χ1) is 10.8. The number of hydrogen-bond acceptors (Lipinski definition) is 3. The van der Waals surface area contributed by atoms with Crippen LogP contribution in [0.1, 0.15) is 31.7 Å². The summed E-state index contributed by atoms with van der Waals surface area (Å²) in [5.74, 6) is 6.40. The molecular formula is C19H27NO2. The van der Waals surface area contributed by atoms with E-state index in [4.69, 9.17) is 9.47 Å². The smallest absolute Gasteiger partial charge is 0.115 e. The summed E-state index contributed by atoms with van der Waals surface area (Å²) in [6.45, 7) is 7.09. The van der Waals surface area contributed by atoms with Gasteiger partial charge in [-0.25, -0.2) is 0 Å². The number of hydrogen-bond donors (Lipinski definition) is 0. The van der Waals surface area contributed by atoms with Gasteiger partial charge in [0.1, 0.15) is 6.10 Å². The van der Waals surface area contributed by atoms with E-state index in [0.29, 0.717) is 19.8 Å². The Kier molecular flexibility index (Phi) is 8.04. The Bertz CT molecular complexity index is 457. The average Bonchev–Trinajstić information content (AvgIpc) is 2.56. The second-order valence-electron chi connectivity index (χ2n) is 5.71. The topological polar surface area (TPSA) is 21.7 Å². The van der Waals surface area contributed by atoms with Gasteiger partial charge >= 0.3 is 0 Å². The van der Waals surface area contributed by atoms with Crippen LogP contribution >= 0.6 is 0 Å². The van der Waals surface area contributed by atoms with Gasteiger partial charge in [0.15, 0.2) is 0 Å². The van der Waals surface area contributed by atoms with Crippen LogP contribution in [0.5, 0.6) is 0 Å². The first-order valence-corrected chi connectivity index (χ1v) is 8.28. The molecule has 1 heterocycles. The maximum Gasteiger partial charge on any atom is 0.115 e. The minimum atomic E-state index is -0.0230. The molecule has 1 atom stereocenters. The van der Waals surface area contributed by atoms with E-state index in [-0.39, 0.29) is 6.10 Å². The second kappa shape index (κ2) is 10.4. The van der Waals surface area contributed by atoms with Gasteiger partial charge in [-0.05, 0) is 38.4 Å². The minimum Gasteiger partial charge on any atom is -0.374 e. The molecule has 1 aromatic rings. The number of ether oxygens (including phenoxy) is 2. The van der Waals surface area contributed by atoms with Gasteiger partial charge in [-0.2, -0.15) is 0 Å². The number of likely N-dealkylation sites (tertiary alicyclic amines) is 1. The molecule has 22 heavy (non-hydrogen) atoms. The van der Waals surface area contributed by atoms with Crippen molar-refractivity contribution in [3.05, 3.63) is 35.9 Å². The van der Waals surface area contributed by atoms with Gasteiger partial charge in [0.25, 0.3) is 0 Å². The van der Waals surface area contributed by atoms with Crippen molar-refractivity contribution >= 4 is 0 Å². The van der Waals surface area contributed by atoms with Crippen LogP contribution in [0.4, 0.5) is 0 Å². The van der Waals surface area contributed by atoms with Gasteiger partial charge in [-0.1, -0.05) is 48.6 Å². The summed E-state index contributed by atoms with van der Waals surface area (Å²) in [5.41, 5.74) is 1.19. The van der Waals surface area contributed by atoms with Crippen LogP contribution in [-0.2, 0) is 16.1 Å². The van der Waals surface area contributed by atoms with Crippen molar-refractivity contribution < 1.29 is 9.47 Å². The fraction of sp³-hybridized carbons (Fsp3) is 0.579. The van der Waals surface area contributed by atoms with Crippen molar-refractivity contribution in [2.45, 2.75) is 38.9 Å². The normalized spacial score (nSPS) is 16.8. The van der Waals surface area contributed by atoms with E-state index in [9.17, 15) is 0 Å². The third-order valence-electron chi connectivity index (χ3n) is 3.76. The summed E-state index contributed by atoms with van der Waals surface area (Å²) in [6, 6.07) is 10.2. The molecule has 1 fully saturated rings. The van der Waals surface area contributed by atoms with Crippen LogP contribution in [0.3, 0.4) is 0 Å². The van der Waals surface area contributed by atoms with E-state index < -0.39 is 0 Å². The average molecular weight is 301 g/mol. The minimum absolute atomic E-state index is 0.0230. The maximum absolute atomic E-state index is 5.65. The number of rotatable bonds is 7. The molecule has 1 aliphatic heterocycles. The van der Waals surface area contributed by atoms with Crippen molar-refractivity contribution in [1.82, 2.24) is 4.90 Å². The lowest BCUT2D eigenvalue weighted by molar-refractivity contribution is 0.0265. The Morgan fingerprint density at radius 1 is 1.09 bits per heavy atom. The predicted molar refractivity (Wildman–Crippen MR) is 89.6 cm³/mol. The first kappa shape index (κ1) is 17.0. The van der Waals surface area contributed by atoms with Gasteiger partial charge in [0.2, 0.25) is 0 Å². The van der Waals surface area contributed by atoms with Crippen molar-refractivity contribution in [1.29, 1.82) is 0 Å². The highest BCUT2D eigenvalue weighted by Crippen LogP contribution is 2.07. The summed E-state index contributed by atoms with van der Waals surface area (Å²) in [4.78, 5) is 2.42. The van der Waals surface area contributed by atoms with Crippen LogP contribution in [0, 0.1) is 11.8 Å². The molecule has 0 amide bonds. The van der Waals surface area contributed by atoms with Crippen LogP contribution in [-0.4, -0.2) is 43.9 Å². The summed E-state index contributed by atoms with van der Waals surface area (Å²) in [5, 5.41) is 0. The van der Waals surface area contributed by atoms with Crippen LogP contribution < -0.4 is 0 Å². The standard InChI is InChI=1S/C19H27NO2/c1-18(9-8-14-20-12-6-3-7-13-20)22-16-15-21-17-19-10-4-2-5-11-19/h2,4-5,10-11,18H,3,6-7,12-17H2,1H3/t18-/m0/s1.